The Bertz CT molecular complexity index is 1930. The van der Waals surface area contributed by atoms with Crippen molar-refractivity contribution in [2.45, 2.75) is 84.5 Å². The number of H-pyrrole nitrogens is 2. The van der Waals surface area contributed by atoms with E-state index in [1.165, 1.54) is 0 Å². The second-order valence-electron chi connectivity index (χ2n) is 13.0. The number of carboxylic acid groups (broad SMARTS) is 2. The van der Waals surface area contributed by atoms with E-state index in [9.17, 15) is 24.6 Å². The number of hydrogen-bond acceptors (Lipinski definition) is 5. The summed E-state index contributed by atoms with van der Waals surface area (Å²) < 4.78 is 0. The van der Waals surface area contributed by atoms with Gasteiger partial charge in [0.1, 0.15) is 0 Å². The molecule has 0 aromatic carbocycles. The van der Waals surface area contributed by atoms with Crippen molar-refractivity contribution in [2.24, 2.45) is 0 Å². The van der Waals surface area contributed by atoms with Gasteiger partial charge in [-0.25, -0.2) is 4.98 Å². The van der Waals surface area contributed by atoms with Gasteiger partial charge in [-0.2, -0.15) is 0 Å². The van der Waals surface area contributed by atoms with Gasteiger partial charge in [0.05, 0.1) is 11.4 Å². The van der Waals surface area contributed by atoms with Crippen molar-refractivity contribution in [2.75, 3.05) is 14.1 Å². The fourth-order valence-corrected chi connectivity index (χ4v) is 6.87. The van der Waals surface area contributed by atoms with Crippen LogP contribution in [0.3, 0.4) is 0 Å². The molecule has 3 aromatic rings. The number of nitrogens with one attached hydrogen (secondary N) is 2. The first-order valence-electron chi connectivity index (χ1n) is 15.8. The molecule has 2 aliphatic heterocycles. The molecule has 0 saturated heterocycles. The van der Waals surface area contributed by atoms with E-state index in [0.29, 0.717) is 12.8 Å². The van der Waals surface area contributed by atoms with Gasteiger partial charge in [-0.05, 0) is 98.2 Å². The molecule has 3 aromatic heterocycles. The van der Waals surface area contributed by atoms with Gasteiger partial charge in [-0.3, -0.25) is 19.4 Å². The third-order valence-corrected chi connectivity index (χ3v) is 9.63. The highest BCUT2D eigenvalue weighted by Gasteiger charge is 2.44. The molecule has 46 heavy (non-hydrogen) atoms. The van der Waals surface area contributed by atoms with Gasteiger partial charge in [-0.15, -0.1) is 0 Å². The van der Waals surface area contributed by atoms with Crippen molar-refractivity contribution in [3.05, 3.63) is 69.3 Å². The molecule has 2 aliphatic rings. The first kappa shape index (κ1) is 32.7. The van der Waals surface area contributed by atoms with E-state index in [2.05, 4.69) is 23.8 Å². The molecule has 1 amide bonds. The zero-order chi connectivity index (χ0) is 33.5. The molecule has 8 bridgehead atoms. The molecule has 10 nitrogen and oxygen atoms in total. The van der Waals surface area contributed by atoms with E-state index < -0.39 is 17.4 Å². The largest absolute Gasteiger partial charge is 0.481 e. The third kappa shape index (κ3) is 6.21. The molecule has 0 unspecified atom stereocenters. The molecule has 0 radical (unpaired) electrons. The van der Waals surface area contributed by atoms with Crippen molar-refractivity contribution in [3.8, 4) is 0 Å². The summed E-state index contributed by atoms with van der Waals surface area (Å²) >= 11 is 0. The highest BCUT2D eigenvalue weighted by atomic mass is 16.4. The lowest BCUT2D eigenvalue weighted by Gasteiger charge is -2.31. The van der Waals surface area contributed by atoms with Gasteiger partial charge < -0.3 is 25.1 Å². The summed E-state index contributed by atoms with van der Waals surface area (Å²) in [5, 5.41) is 19.1. The molecule has 0 aliphatic carbocycles. The van der Waals surface area contributed by atoms with Gasteiger partial charge in [-0.1, -0.05) is 13.8 Å². The first-order chi connectivity index (χ1) is 21.7. The number of aryl methyl sites for hydroxylation is 4. The van der Waals surface area contributed by atoms with Crippen LogP contribution in [0.2, 0.25) is 0 Å². The van der Waals surface area contributed by atoms with Gasteiger partial charge >= 0.3 is 11.9 Å². The maximum Gasteiger partial charge on any atom is 0.303 e. The number of aliphatic carboxylic acids is 2. The molecule has 5 rings (SSSR count). The molecular weight excluding hydrogens is 582 g/mol. The van der Waals surface area contributed by atoms with Gasteiger partial charge in [0.25, 0.3) is 0 Å². The van der Waals surface area contributed by atoms with Crippen LogP contribution in [-0.4, -0.2) is 67.0 Å². The summed E-state index contributed by atoms with van der Waals surface area (Å²) in [4.78, 5) is 55.3. The molecule has 0 saturated carbocycles. The second-order valence-corrected chi connectivity index (χ2v) is 13.0. The molecule has 4 N–H and O–H groups in total. The monoisotopic (exact) mass is 625 g/mol. The van der Waals surface area contributed by atoms with Crippen LogP contribution >= 0.6 is 0 Å². The van der Waals surface area contributed by atoms with Crippen molar-refractivity contribution < 1.29 is 24.6 Å². The number of amides is 1. The number of nitrogens with zero attached hydrogens (tertiary/aromatic N) is 3. The number of aromatic amines is 2. The summed E-state index contributed by atoms with van der Waals surface area (Å²) in [5.41, 5.74) is 10.4. The average molecular weight is 626 g/mol. The maximum absolute atomic E-state index is 13.2. The van der Waals surface area contributed by atoms with Gasteiger partial charge in [0, 0.05) is 78.1 Å². The fraction of sp³-hybridized carbons (Fsp3) is 0.417. The van der Waals surface area contributed by atoms with E-state index in [0.717, 1.165) is 79.1 Å². The number of rotatable bonds is 9. The van der Waals surface area contributed by atoms with E-state index in [1.807, 2.05) is 51.1 Å². The minimum absolute atomic E-state index is 0.0136. The quantitative estimate of drug-likeness (QED) is 0.213. The molecule has 0 fully saturated rings. The number of hydrogen-bond donors (Lipinski definition) is 4. The zero-order valence-electron chi connectivity index (χ0n) is 27.7. The number of aromatic nitrogens is 4. The Hall–Kier alpha value is -4.73. The summed E-state index contributed by atoms with van der Waals surface area (Å²) in [7, 11) is 3.53. The number of allylic oxidation sites excluding steroid dienone is 1. The van der Waals surface area contributed by atoms with Crippen LogP contribution in [0.1, 0.15) is 97.4 Å². The van der Waals surface area contributed by atoms with Gasteiger partial charge in [0.2, 0.25) is 5.91 Å². The highest BCUT2D eigenvalue weighted by Crippen LogP contribution is 2.47. The topological polar surface area (TPSA) is 152 Å². The maximum atomic E-state index is 13.2. The normalized spacial score (nSPS) is 17.5. The van der Waals surface area contributed by atoms with Crippen LogP contribution in [0.15, 0.2) is 24.3 Å². The lowest BCUT2D eigenvalue weighted by molar-refractivity contribution is -0.138. The van der Waals surface area contributed by atoms with Crippen molar-refractivity contribution in [1.29, 1.82) is 0 Å². The van der Waals surface area contributed by atoms with Crippen LogP contribution in [0.25, 0.3) is 33.7 Å². The molecular formula is C36H43N5O5. The fourth-order valence-electron chi connectivity index (χ4n) is 6.87. The highest BCUT2D eigenvalue weighted by molar-refractivity contribution is 5.85. The lowest BCUT2D eigenvalue weighted by Crippen LogP contribution is -2.34. The van der Waals surface area contributed by atoms with Crippen LogP contribution in [0.4, 0.5) is 0 Å². The minimum atomic E-state index is -0.891. The standard InChI is InChI=1S/C36H43N5O5/c1-8-25-31-15-26-19(2)13-22(37-26)14-27-20(3)23(9-11-34(43)44)29(38-27)16-30-24(10-12-35(45)46)21(4)28(39-30)17-32(40-31)36(25,5)18-33(42)41(6)7/h13-17,25,38-39H,8-12,18H2,1-7H3,(H,43,44)(H,45,46)/t25-,36+/m0/s1. The smallest absolute Gasteiger partial charge is 0.303 e. The number of carbonyl (C=O) groups is 3. The minimum Gasteiger partial charge on any atom is -0.481 e. The van der Waals surface area contributed by atoms with Crippen molar-refractivity contribution in [1.82, 2.24) is 24.8 Å². The Kier molecular flexibility index (Phi) is 8.93. The molecule has 242 valence electrons. The zero-order valence-corrected chi connectivity index (χ0v) is 27.7. The van der Waals surface area contributed by atoms with Crippen molar-refractivity contribution >= 4 is 51.6 Å². The number of carboxylic acids is 2. The van der Waals surface area contributed by atoms with Crippen LogP contribution < -0.4 is 0 Å². The van der Waals surface area contributed by atoms with Crippen LogP contribution in [0, 0.1) is 13.8 Å². The number of fused-ring (bicyclic) bond motifs is 8. The van der Waals surface area contributed by atoms with Crippen LogP contribution in [-0.2, 0) is 32.6 Å². The Morgan fingerprint density at radius 1 is 0.848 bits per heavy atom. The summed E-state index contributed by atoms with van der Waals surface area (Å²) in [6, 6.07) is 7.98. The predicted octanol–water partition coefficient (Wildman–Crippen LogP) is 6.46. The van der Waals surface area contributed by atoms with Crippen LogP contribution in [0.5, 0.6) is 0 Å². The van der Waals surface area contributed by atoms with E-state index in [1.54, 1.807) is 19.0 Å². The first-order valence-corrected chi connectivity index (χ1v) is 15.8. The summed E-state index contributed by atoms with van der Waals surface area (Å²) in [6.07, 6.45) is 3.65. The lowest BCUT2D eigenvalue weighted by atomic mass is 9.71. The Labute approximate surface area is 268 Å². The third-order valence-electron chi connectivity index (χ3n) is 9.63. The number of carbonyl (C=O) groups excluding carboxylic acids is 1. The Balaban J connectivity index is 1.91. The van der Waals surface area contributed by atoms with E-state index >= 15 is 0 Å². The molecule has 2 atom stereocenters. The molecule has 0 spiro atoms. The summed E-state index contributed by atoms with van der Waals surface area (Å²) in [6.45, 7) is 10.2. The van der Waals surface area contributed by atoms with Crippen molar-refractivity contribution in [3.63, 3.8) is 0 Å². The SMILES string of the molecule is CC[C@H]1c2cc3nc(cc4[nH]c(cc5[nH]c(cc(n2)[C@]1(C)CC(=O)N(C)C)c(C)c5CCC(=O)O)c(CCC(=O)O)c4C)C=C3C. The second kappa shape index (κ2) is 12.6. The molecule has 5 heterocycles. The Morgan fingerprint density at radius 3 is 1.93 bits per heavy atom. The average Bonchev–Trinajstić information content (AvgIpc) is 3.64. The summed E-state index contributed by atoms with van der Waals surface area (Å²) in [5.74, 6) is -1.79. The predicted molar refractivity (Wildman–Crippen MR) is 180 cm³/mol. The van der Waals surface area contributed by atoms with Gasteiger partial charge in [0.15, 0.2) is 0 Å². The Morgan fingerprint density at radius 2 is 1.41 bits per heavy atom. The molecule has 10 heteroatoms. The van der Waals surface area contributed by atoms with E-state index in [-0.39, 0.29) is 31.1 Å². The van der Waals surface area contributed by atoms with E-state index in [4.69, 9.17) is 9.97 Å².